The summed E-state index contributed by atoms with van der Waals surface area (Å²) in [6.07, 6.45) is 0.808. The van der Waals surface area contributed by atoms with E-state index in [9.17, 15) is 13.2 Å². The second-order valence-corrected chi connectivity index (χ2v) is 5.18. The first-order valence-corrected chi connectivity index (χ1v) is 6.13. The molecule has 1 aromatic rings. The number of aromatic nitrogens is 1. The van der Waals surface area contributed by atoms with Crippen molar-refractivity contribution in [1.29, 1.82) is 0 Å². The molecule has 2 nitrogen and oxygen atoms in total. The Bertz CT molecular complexity index is 391. The van der Waals surface area contributed by atoms with Gasteiger partial charge in [-0.1, -0.05) is 0 Å². The highest BCUT2D eigenvalue weighted by molar-refractivity contribution is 9.10. The highest BCUT2D eigenvalue weighted by Crippen LogP contribution is 2.31. The van der Waals surface area contributed by atoms with Crippen LogP contribution in [0.15, 0.2) is 22.9 Å². The molecule has 0 radical (unpaired) electrons. The first-order valence-electron chi connectivity index (χ1n) is 5.34. The molecule has 0 atom stereocenters. The molecule has 17 heavy (non-hydrogen) atoms. The fourth-order valence-corrected chi connectivity index (χ4v) is 2.17. The molecule has 1 fully saturated rings. The second-order valence-electron chi connectivity index (χ2n) is 4.26. The predicted octanol–water partition coefficient (Wildman–Crippen LogP) is 3.37. The maximum atomic E-state index is 12.4. The maximum Gasteiger partial charge on any atom is 0.401 e. The third-order valence-corrected chi connectivity index (χ3v) is 3.03. The Morgan fingerprint density at radius 2 is 2.06 bits per heavy atom. The highest BCUT2D eigenvalue weighted by atomic mass is 79.9. The van der Waals surface area contributed by atoms with Gasteiger partial charge < -0.3 is 0 Å². The van der Waals surface area contributed by atoms with Crippen molar-refractivity contribution in [3.05, 3.63) is 28.5 Å². The summed E-state index contributed by atoms with van der Waals surface area (Å²) in [6, 6.07) is 1.88. The van der Waals surface area contributed by atoms with E-state index in [1.807, 2.05) is 0 Å². The van der Waals surface area contributed by atoms with Gasteiger partial charge in [0.15, 0.2) is 0 Å². The van der Waals surface area contributed by atoms with Gasteiger partial charge in [0.05, 0.1) is 6.54 Å². The lowest BCUT2D eigenvalue weighted by molar-refractivity contribution is -0.148. The summed E-state index contributed by atoms with van der Waals surface area (Å²) in [5, 5.41) is 0. The SMILES string of the molecule is FC(F)(F)CN(Cc1cncc(Br)c1)C1CC1. The Kier molecular flexibility index (Phi) is 3.73. The molecular weight excluding hydrogens is 297 g/mol. The molecule has 0 bridgehead atoms. The zero-order valence-corrected chi connectivity index (χ0v) is 10.6. The fourth-order valence-electron chi connectivity index (χ4n) is 1.76. The third-order valence-electron chi connectivity index (χ3n) is 2.59. The first kappa shape index (κ1) is 12.8. The molecule has 0 aromatic carbocycles. The van der Waals surface area contributed by atoms with E-state index in [-0.39, 0.29) is 6.04 Å². The van der Waals surface area contributed by atoms with Crippen LogP contribution >= 0.6 is 15.9 Å². The molecule has 1 saturated carbocycles. The van der Waals surface area contributed by atoms with Gasteiger partial charge in [0.2, 0.25) is 0 Å². The van der Waals surface area contributed by atoms with E-state index in [1.165, 1.54) is 4.90 Å². The van der Waals surface area contributed by atoms with E-state index in [0.717, 1.165) is 22.9 Å². The van der Waals surface area contributed by atoms with Crippen molar-refractivity contribution < 1.29 is 13.2 Å². The van der Waals surface area contributed by atoms with Crippen LogP contribution in [0.3, 0.4) is 0 Å². The predicted molar refractivity (Wildman–Crippen MR) is 61.4 cm³/mol. The number of hydrogen-bond acceptors (Lipinski definition) is 2. The average molecular weight is 309 g/mol. The number of alkyl halides is 3. The van der Waals surface area contributed by atoms with Crippen LogP contribution < -0.4 is 0 Å². The topological polar surface area (TPSA) is 16.1 Å². The van der Waals surface area contributed by atoms with Crippen LogP contribution in [0.1, 0.15) is 18.4 Å². The minimum atomic E-state index is -4.14. The number of hydrogen-bond donors (Lipinski definition) is 0. The van der Waals surface area contributed by atoms with E-state index in [0.29, 0.717) is 6.54 Å². The number of pyridine rings is 1. The molecule has 0 N–H and O–H groups in total. The van der Waals surface area contributed by atoms with Crippen LogP contribution in [0.2, 0.25) is 0 Å². The molecule has 1 heterocycles. The summed E-state index contributed by atoms with van der Waals surface area (Å²) in [4.78, 5) is 5.43. The standard InChI is InChI=1S/C11H12BrF3N2/c12-9-3-8(4-16-5-9)6-17(10-1-2-10)7-11(13,14)15/h3-5,10H,1-2,6-7H2. The van der Waals surface area contributed by atoms with E-state index in [1.54, 1.807) is 18.5 Å². The molecule has 0 unspecified atom stereocenters. The largest absolute Gasteiger partial charge is 0.401 e. The van der Waals surface area contributed by atoms with Crippen LogP contribution in [0.4, 0.5) is 13.2 Å². The van der Waals surface area contributed by atoms with Gasteiger partial charge in [-0.3, -0.25) is 9.88 Å². The van der Waals surface area contributed by atoms with Crippen LogP contribution in [-0.2, 0) is 6.54 Å². The Labute approximate surface area is 106 Å². The second kappa shape index (κ2) is 4.94. The van der Waals surface area contributed by atoms with Crippen molar-refractivity contribution >= 4 is 15.9 Å². The van der Waals surface area contributed by atoms with Crippen LogP contribution in [0.5, 0.6) is 0 Å². The lowest BCUT2D eigenvalue weighted by atomic mass is 10.2. The molecule has 1 aromatic heterocycles. The lowest BCUT2D eigenvalue weighted by Gasteiger charge is -2.23. The molecule has 0 aliphatic heterocycles. The molecule has 94 valence electrons. The van der Waals surface area contributed by atoms with Gasteiger partial charge in [-0.25, -0.2) is 0 Å². The summed E-state index contributed by atoms with van der Waals surface area (Å²) in [5.74, 6) is 0. The third kappa shape index (κ3) is 4.27. The van der Waals surface area contributed by atoms with Crippen LogP contribution in [0, 0.1) is 0 Å². The molecule has 6 heteroatoms. The van der Waals surface area contributed by atoms with E-state index < -0.39 is 12.7 Å². The van der Waals surface area contributed by atoms with Gasteiger partial charge in [-0.05, 0) is 40.4 Å². The number of nitrogens with zero attached hydrogens (tertiary/aromatic N) is 2. The minimum Gasteiger partial charge on any atom is -0.288 e. The van der Waals surface area contributed by atoms with Crippen molar-refractivity contribution in [1.82, 2.24) is 9.88 Å². The fraction of sp³-hybridized carbons (Fsp3) is 0.545. The Morgan fingerprint density at radius 1 is 1.35 bits per heavy atom. The smallest absolute Gasteiger partial charge is 0.288 e. The Hall–Kier alpha value is -0.620. The summed E-state index contributed by atoms with van der Waals surface area (Å²) < 4.78 is 38.0. The maximum absolute atomic E-state index is 12.4. The number of rotatable bonds is 4. The molecule has 0 spiro atoms. The Morgan fingerprint density at radius 3 is 2.59 bits per heavy atom. The van der Waals surface area contributed by atoms with Crippen molar-refractivity contribution in [3.63, 3.8) is 0 Å². The molecule has 2 rings (SSSR count). The number of halogens is 4. The van der Waals surface area contributed by atoms with Crippen molar-refractivity contribution in [2.75, 3.05) is 6.54 Å². The van der Waals surface area contributed by atoms with Gasteiger partial charge in [0, 0.05) is 29.5 Å². The summed E-state index contributed by atoms with van der Waals surface area (Å²) in [5.41, 5.74) is 0.801. The highest BCUT2D eigenvalue weighted by Gasteiger charge is 2.37. The average Bonchev–Trinajstić information content (AvgIpc) is 2.97. The Balaban J connectivity index is 2.02. The molecule has 1 aliphatic rings. The van der Waals surface area contributed by atoms with Crippen molar-refractivity contribution in [2.24, 2.45) is 0 Å². The van der Waals surface area contributed by atoms with Crippen LogP contribution in [0.25, 0.3) is 0 Å². The summed E-state index contributed by atoms with van der Waals surface area (Å²) in [6.45, 7) is -0.541. The molecular formula is C11H12BrF3N2. The van der Waals surface area contributed by atoms with E-state index in [4.69, 9.17) is 0 Å². The normalized spacial score (nSPS) is 16.5. The minimum absolute atomic E-state index is 0.0793. The van der Waals surface area contributed by atoms with E-state index in [2.05, 4.69) is 20.9 Å². The zero-order valence-electron chi connectivity index (χ0n) is 9.04. The van der Waals surface area contributed by atoms with Crippen molar-refractivity contribution in [2.45, 2.75) is 31.6 Å². The van der Waals surface area contributed by atoms with E-state index >= 15 is 0 Å². The quantitative estimate of drug-likeness (QED) is 0.848. The summed E-state index contributed by atoms with van der Waals surface area (Å²) in [7, 11) is 0. The van der Waals surface area contributed by atoms with Gasteiger partial charge in [0.1, 0.15) is 0 Å². The monoisotopic (exact) mass is 308 g/mol. The van der Waals surface area contributed by atoms with Crippen LogP contribution in [-0.4, -0.2) is 28.6 Å². The zero-order chi connectivity index (χ0) is 12.5. The molecule has 1 aliphatic carbocycles. The van der Waals surface area contributed by atoms with Gasteiger partial charge >= 0.3 is 6.18 Å². The lowest BCUT2D eigenvalue weighted by Crippen LogP contribution is -2.35. The van der Waals surface area contributed by atoms with Crippen molar-refractivity contribution in [3.8, 4) is 0 Å². The van der Waals surface area contributed by atoms with Gasteiger partial charge in [0.25, 0.3) is 0 Å². The first-order chi connectivity index (χ1) is 7.94. The van der Waals surface area contributed by atoms with Gasteiger partial charge in [-0.2, -0.15) is 13.2 Å². The summed E-state index contributed by atoms with van der Waals surface area (Å²) >= 11 is 3.26. The van der Waals surface area contributed by atoms with Gasteiger partial charge in [-0.15, -0.1) is 0 Å². The molecule has 0 saturated heterocycles. The molecule has 0 amide bonds.